The Labute approximate surface area is 161 Å². The summed E-state index contributed by atoms with van der Waals surface area (Å²) in [5.74, 6) is 1.36. The van der Waals surface area contributed by atoms with Gasteiger partial charge in [-0.2, -0.15) is 0 Å². The van der Waals surface area contributed by atoms with Gasteiger partial charge in [-0.3, -0.25) is 14.6 Å². The van der Waals surface area contributed by atoms with Gasteiger partial charge < -0.3 is 9.32 Å². The predicted octanol–water partition coefficient (Wildman–Crippen LogP) is 3.46. The van der Waals surface area contributed by atoms with Crippen LogP contribution in [-0.2, 0) is 4.79 Å². The summed E-state index contributed by atoms with van der Waals surface area (Å²) < 4.78 is 5.31. The highest BCUT2D eigenvalue weighted by Gasteiger charge is 2.57. The summed E-state index contributed by atoms with van der Waals surface area (Å²) in [4.78, 5) is 31.5. The number of rotatable bonds is 7. The Morgan fingerprint density at radius 2 is 2.00 bits per heavy atom. The van der Waals surface area contributed by atoms with Crippen LogP contribution in [0.15, 0.2) is 28.9 Å². The van der Waals surface area contributed by atoms with Gasteiger partial charge in [-0.05, 0) is 50.3 Å². The maximum absolute atomic E-state index is 13.1. The fourth-order valence-corrected chi connectivity index (χ4v) is 4.05. The predicted molar refractivity (Wildman–Crippen MR) is 105 cm³/mol. The molecule has 0 radical (unpaired) electrons. The van der Waals surface area contributed by atoms with Crippen LogP contribution in [0.25, 0.3) is 6.08 Å². The summed E-state index contributed by atoms with van der Waals surface area (Å²) in [7, 11) is 0. The Morgan fingerprint density at radius 3 is 2.59 bits per heavy atom. The van der Waals surface area contributed by atoms with E-state index in [-0.39, 0.29) is 11.9 Å². The molecule has 1 aromatic heterocycles. The fourth-order valence-electron chi connectivity index (χ4n) is 4.05. The number of carbonyl (C=O) groups is 2. The minimum Gasteiger partial charge on any atom is -0.465 e. The van der Waals surface area contributed by atoms with Crippen LogP contribution in [0.2, 0.25) is 0 Å². The van der Waals surface area contributed by atoms with E-state index < -0.39 is 5.54 Å². The van der Waals surface area contributed by atoms with Crippen molar-refractivity contribution in [2.45, 2.75) is 45.6 Å². The van der Waals surface area contributed by atoms with Gasteiger partial charge in [-0.1, -0.05) is 19.9 Å². The van der Waals surface area contributed by atoms with Crippen LogP contribution >= 0.6 is 0 Å². The second-order valence-electron chi connectivity index (χ2n) is 7.92. The molecule has 0 aliphatic carbocycles. The molecule has 27 heavy (non-hydrogen) atoms. The summed E-state index contributed by atoms with van der Waals surface area (Å²) >= 11 is 0. The van der Waals surface area contributed by atoms with E-state index in [0.29, 0.717) is 31.8 Å². The molecule has 148 valence electrons. The SMILES string of the molecule is CCN1C(=O)N(CCC(C)C)C2(CCN(CC=Cc3ccco3)CC2)C1=O. The minimum atomic E-state index is -0.636. The van der Waals surface area contributed by atoms with Crippen molar-refractivity contribution < 1.29 is 14.0 Å². The van der Waals surface area contributed by atoms with Gasteiger partial charge in [0.2, 0.25) is 0 Å². The molecule has 3 amide bonds. The van der Waals surface area contributed by atoms with E-state index >= 15 is 0 Å². The molecular weight excluding hydrogens is 342 g/mol. The number of carbonyl (C=O) groups excluding carboxylic acids is 2. The van der Waals surface area contributed by atoms with Gasteiger partial charge in [0.05, 0.1) is 6.26 Å². The van der Waals surface area contributed by atoms with E-state index in [1.807, 2.05) is 30.0 Å². The third kappa shape index (κ3) is 3.95. The van der Waals surface area contributed by atoms with Crippen molar-refractivity contribution in [1.29, 1.82) is 0 Å². The zero-order chi connectivity index (χ0) is 19.4. The van der Waals surface area contributed by atoms with Crippen molar-refractivity contribution in [3.63, 3.8) is 0 Å². The first kappa shape index (κ1) is 19.7. The number of likely N-dealkylation sites (N-methyl/N-ethyl adjacent to an activating group) is 1. The van der Waals surface area contributed by atoms with Crippen LogP contribution in [-0.4, -0.2) is 64.9 Å². The van der Waals surface area contributed by atoms with Crippen LogP contribution in [0.1, 0.15) is 45.8 Å². The van der Waals surface area contributed by atoms with Crippen LogP contribution < -0.4 is 0 Å². The maximum atomic E-state index is 13.1. The van der Waals surface area contributed by atoms with Crippen molar-refractivity contribution in [3.05, 3.63) is 30.2 Å². The van der Waals surface area contributed by atoms with Crippen molar-refractivity contribution in [1.82, 2.24) is 14.7 Å². The van der Waals surface area contributed by atoms with Crippen LogP contribution in [0.3, 0.4) is 0 Å². The Balaban J connectivity index is 1.65. The summed E-state index contributed by atoms with van der Waals surface area (Å²) in [6.45, 7) is 9.76. The molecule has 3 rings (SSSR count). The number of hydrogen-bond donors (Lipinski definition) is 0. The summed E-state index contributed by atoms with van der Waals surface area (Å²) in [5, 5.41) is 0. The fraction of sp³-hybridized carbons (Fsp3) is 0.619. The van der Waals surface area contributed by atoms with E-state index in [2.05, 4.69) is 24.8 Å². The van der Waals surface area contributed by atoms with E-state index in [4.69, 9.17) is 4.42 Å². The first-order valence-corrected chi connectivity index (χ1v) is 10.0. The number of urea groups is 1. The molecule has 0 saturated carbocycles. The van der Waals surface area contributed by atoms with Crippen LogP contribution in [0, 0.1) is 5.92 Å². The van der Waals surface area contributed by atoms with Gasteiger partial charge in [0.15, 0.2) is 0 Å². The smallest absolute Gasteiger partial charge is 0.327 e. The number of piperidine rings is 1. The van der Waals surface area contributed by atoms with Crippen molar-refractivity contribution in [2.24, 2.45) is 5.92 Å². The molecule has 6 nitrogen and oxygen atoms in total. The molecule has 6 heteroatoms. The molecule has 0 N–H and O–H groups in total. The molecule has 1 spiro atoms. The largest absolute Gasteiger partial charge is 0.465 e. The third-order valence-electron chi connectivity index (χ3n) is 5.74. The second kappa shape index (κ2) is 8.30. The third-order valence-corrected chi connectivity index (χ3v) is 5.74. The molecule has 2 fully saturated rings. The minimum absolute atomic E-state index is 0.00420. The standard InChI is InChI=1S/C21H31N3O3/c1-4-23-19(25)21(24(20(23)26)13-9-17(2)3)10-14-22(15-11-21)12-5-7-18-8-6-16-27-18/h5-8,16-17H,4,9-15H2,1-3H3. The molecule has 2 aliphatic heterocycles. The first-order valence-electron chi connectivity index (χ1n) is 10.0. The number of amides is 3. The number of hydrogen-bond acceptors (Lipinski definition) is 4. The highest BCUT2D eigenvalue weighted by atomic mass is 16.3. The lowest BCUT2D eigenvalue weighted by Crippen LogP contribution is -2.56. The number of nitrogens with zero attached hydrogens (tertiary/aromatic N) is 3. The average Bonchev–Trinajstić information content (AvgIpc) is 3.22. The molecule has 3 heterocycles. The molecule has 2 saturated heterocycles. The van der Waals surface area contributed by atoms with Crippen molar-refractivity contribution >= 4 is 18.0 Å². The molecule has 0 aromatic carbocycles. The summed E-state index contributed by atoms with van der Waals surface area (Å²) in [6, 6.07) is 3.70. The van der Waals surface area contributed by atoms with Crippen molar-refractivity contribution in [3.8, 4) is 0 Å². The van der Waals surface area contributed by atoms with Gasteiger partial charge in [-0.15, -0.1) is 0 Å². The summed E-state index contributed by atoms with van der Waals surface area (Å²) in [5.41, 5.74) is -0.636. The quantitative estimate of drug-likeness (QED) is 0.687. The second-order valence-corrected chi connectivity index (χ2v) is 7.92. The average molecular weight is 373 g/mol. The molecule has 1 aromatic rings. The van der Waals surface area contributed by atoms with E-state index in [1.54, 1.807) is 6.26 Å². The van der Waals surface area contributed by atoms with Gasteiger partial charge in [0.25, 0.3) is 5.91 Å². The zero-order valence-corrected chi connectivity index (χ0v) is 16.7. The van der Waals surface area contributed by atoms with Crippen molar-refractivity contribution in [2.75, 3.05) is 32.7 Å². The Hall–Kier alpha value is -2.08. The number of furan rings is 1. The molecular formula is C21H31N3O3. The monoisotopic (exact) mass is 373 g/mol. The van der Waals surface area contributed by atoms with Gasteiger partial charge in [0, 0.05) is 32.7 Å². The lowest BCUT2D eigenvalue weighted by Gasteiger charge is -2.42. The molecule has 0 bridgehead atoms. The molecule has 0 unspecified atom stereocenters. The maximum Gasteiger partial charge on any atom is 0.327 e. The lowest BCUT2D eigenvalue weighted by molar-refractivity contribution is -0.135. The molecule has 0 atom stereocenters. The number of imide groups is 1. The van der Waals surface area contributed by atoms with Crippen LogP contribution in [0.4, 0.5) is 4.79 Å². The number of likely N-dealkylation sites (tertiary alicyclic amines) is 1. The normalized spacial score (nSPS) is 20.7. The Morgan fingerprint density at radius 1 is 1.26 bits per heavy atom. The first-order chi connectivity index (χ1) is 13.0. The van der Waals surface area contributed by atoms with Gasteiger partial charge in [0.1, 0.15) is 11.3 Å². The lowest BCUT2D eigenvalue weighted by atomic mass is 9.85. The molecule has 2 aliphatic rings. The highest BCUT2D eigenvalue weighted by Crippen LogP contribution is 2.37. The van der Waals surface area contributed by atoms with E-state index in [0.717, 1.165) is 31.8 Å². The topological polar surface area (TPSA) is 57.0 Å². The van der Waals surface area contributed by atoms with Gasteiger partial charge in [-0.25, -0.2) is 4.79 Å². The van der Waals surface area contributed by atoms with E-state index in [1.165, 1.54) is 4.90 Å². The van der Waals surface area contributed by atoms with Gasteiger partial charge >= 0.3 is 6.03 Å². The Bertz CT molecular complexity index is 673. The van der Waals surface area contributed by atoms with Crippen LogP contribution in [0.5, 0.6) is 0 Å². The zero-order valence-electron chi connectivity index (χ0n) is 16.7. The Kier molecular flexibility index (Phi) is 6.05. The summed E-state index contributed by atoms with van der Waals surface area (Å²) in [6.07, 6.45) is 8.07. The highest BCUT2D eigenvalue weighted by molar-refractivity contribution is 6.07. The van der Waals surface area contributed by atoms with E-state index in [9.17, 15) is 9.59 Å².